The van der Waals surface area contributed by atoms with Gasteiger partial charge in [-0.3, -0.25) is 4.79 Å². The van der Waals surface area contributed by atoms with E-state index in [9.17, 15) is 4.79 Å². The Morgan fingerprint density at radius 1 is 1.57 bits per heavy atom. The van der Waals surface area contributed by atoms with Crippen LogP contribution in [0.25, 0.3) is 10.2 Å². The number of rotatable bonds is 2. The molecule has 2 aromatic heterocycles. The number of nitrogens with one attached hydrogen (secondary N) is 1. The van der Waals surface area contributed by atoms with Crippen molar-refractivity contribution >= 4 is 44.9 Å². The summed E-state index contributed by atoms with van der Waals surface area (Å²) < 4.78 is 0. The van der Waals surface area contributed by atoms with E-state index in [1.165, 1.54) is 17.7 Å². The second-order valence-electron chi connectivity index (χ2n) is 2.54. The fourth-order valence-corrected chi connectivity index (χ4v) is 1.85. The Balaban J connectivity index is 2.41. The van der Waals surface area contributed by atoms with Crippen LogP contribution in [0.4, 0.5) is 5.82 Å². The summed E-state index contributed by atoms with van der Waals surface area (Å²) in [5, 5.41) is 5.35. The molecule has 6 heteroatoms. The zero-order valence-electron chi connectivity index (χ0n) is 7.03. The maximum Gasteiger partial charge on any atom is 0.240 e. The summed E-state index contributed by atoms with van der Waals surface area (Å²) in [5.74, 6) is 0.176. The first-order valence-corrected chi connectivity index (χ1v) is 5.26. The third-order valence-electron chi connectivity index (χ3n) is 1.64. The average molecular weight is 228 g/mol. The molecule has 0 atom stereocenters. The molecule has 2 rings (SSSR count). The van der Waals surface area contributed by atoms with E-state index < -0.39 is 0 Å². The average Bonchev–Trinajstić information content (AvgIpc) is 2.66. The van der Waals surface area contributed by atoms with E-state index in [1.54, 1.807) is 0 Å². The minimum atomic E-state index is -0.266. The largest absolute Gasteiger partial charge is 0.309 e. The standard InChI is InChI=1S/C8H6ClN3OS/c9-3-6(13)12-7-5-1-2-14-8(5)11-4-10-7/h1-2,4H,3H2,(H,10,11,12,13). The molecule has 0 aliphatic heterocycles. The molecule has 0 aliphatic carbocycles. The summed E-state index contributed by atoms with van der Waals surface area (Å²) >= 11 is 6.87. The van der Waals surface area contributed by atoms with Gasteiger partial charge in [-0.2, -0.15) is 0 Å². The van der Waals surface area contributed by atoms with Gasteiger partial charge >= 0.3 is 0 Å². The highest BCUT2D eigenvalue weighted by Gasteiger charge is 2.06. The number of thiophene rings is 1. The van der Waals surface area contributed by atoms with Gasteiger partial charge in [-0.15, -0.1) is 22.9 Å². The van der Waals surface area contributed by atoms with Crippen molar-refractivity contribution in [2.24, 2.45) is 0 Å². The number of halogens is 1. The first-order chi connectivity index (χ1) is 6.81. The molecular weight excluding hydrogens is 222 g/mol. The van der Waals surface area contributed by atoms with Crippen molar-refractivity contribution < 1.29 is 4.79 Å². The molecule has 0 saturated heterocycles. The molecule has 0 aromatic carbocycles. The van der Waals surface area contributed by atoms with Gasteiger partial charge in [0.15, 0.2) is 0 Å². The number of anilines is 1. The monoisotopic (exact) mass is 227 g/mol. The molecule has 72 valence electrons. The van der Waals surface area contributed by atoms with Crippen LogP contribution in [0.3, 0.4) is 0 Å². The molecule has 0 radical (unpaired) electrons. The molecule has 0 saturated carbocycles. The lowest BCUT2D eigenvalue weighted by molar-refractivity contribution is -0.113. The van der Waals surface area contributed by atoms with Gasteiger partial charge in [0.1, 0.15) is 22.9 Å². The Hall–Kier alpha value is -1.20. The number of nitrogens with zero attached hydrogens (tertiary/aromatic N) is 2. The predicted octanol–water partition coefficient (Wildman–Crippen LogP) is 1.87. The predicted molar refractivity (Wildman–Crippen MR) is 56.8 cm³/mol. The van der Waals surface area contributed by atoms with Crippen LogP contribution in [0.2, 0.25) is 0 Å². The minimum Gasteiger partial charge on any atom is -0.309 e. The van der Waals surface area contributed by atoms with Crippen LogP contribution in [0.5, 0.6) is 0 Å². The van der Waals surface area contributed by atoms with Crippen LogP contribution in [-0.4, -0.2) is 21.8 Å². The maximum atomic E-state index is 11.0. The molecule has 0 bridgehead atoms. The Morgan fingerprint density at radius 2 is 2.43 bits per heavy atom. The van der Waals surface area contributed by atoms with Crippen molar-refractivity contribution in [1.82, 2.24) is 9.97 Å². The number of hydrogen-bond donors (Lipinski definition) is 1. The third-order valence-corrected chi connectivity index (χ3v) is 2.70. The Labute approximate surface area is 88.9 Å². The fraction of sp³-hybridized carbons (Fsp3) is 0.125. The van der Waals surface area contributed by atoms with E-state index in [0.717, 1.165) is 10.2 Å². The van der Waals surface area contributed by atoms with Gasteiger partial charge in [0.05, 0.1) is 5.39 Å². The molecule has 14 heavy (non-hydrogen) atoms. The summed E-state index contributed by atoms with van der Waals surface area (Å²) in [5.41, 5.74) is 0. The lowest BCUT2D eigenvalue weighted by Crippen LogP contribution is -2.13. The molecule has 2 aromatic rings. The molecule has 2 heterocycles. The second-order valence-corrected chi connectivity index (χ2v) is 3.71. The molecule has 1 N–H and O–H groups in total. The van der Waals surface area contributed by atoms with Crippen LogP contribution in [0.15, 0.2) is 17.8 Å². The lowest BCUT2D eigenvalue weighted by Gasteiger charge is -2.01. The van der Waals surface area contributed by atoms with Crippen molar-refractivity contribution in [3.8, 4) is 0 Å². The van der Waals surface area contributed by atoms with Crippen LogP contribution in [0.1, 0.15) is 0 Å². The van der Waals surface area contributed by atoms with Crippen LogP contribution < -0.4 is 5.32 Å². The highest BCUT2D eigenvalue weighted by molar-refractivity contribution is 7.16. The molecule has 4 nitrogen and oxygen atoms in total. The summed E-state index contributed by atoms with van der Waals surface area (Å²) in [7, 11) is 0. The van der Waals surface area contributed by atoms with Gasteiger partial charge in [0.25, 0.3) is 0 Å². The quantitative estimate of drug-likeness (QED) is 0.797. The van der Waals surface area contributed by atoms with Gasteiger partial charge in [-0.1, -0.05) is 0 Å². The van der Waals surface area contributed by atoms with Crippen LogP contribution >= 0.6 is 22.9 Å². The molecule has 0 spiro atoms. The molecule has 0 unspecified atom stereocenters. The molecule has 0 fully saturated rings. The first-order valence-electron chi connectivity index (χ1n) is 3.85. The zero-order chi connectivity index (χ0) is 9.97. The number of hydrogen-bond acceptors (Lipinski definition) is 4. The summed E-state index contributed by atoms with van der Waals surface area (Å²) in [6.07, 6.45) is 1.42. The maximum absolute atomic E-state index is 11.0. The molecule has 1 amide bonds. The van der Waals surface area contributed by atoms with E-state index >= 15 is 0 Å². The number of amides is 1. The Bertz CT molecular complexity index is 470. The number of carbonyl (C=O) groups is 1. The highest BCUT2D eigenvalue weighted by Crippen LogP contribution is 2.23. The zero-order valence-corrected chi connectivity index (χ0v) is 8.60. The molecule has 0 aliphatic rings. The number of aromatic nitrogens is 2. The van der Waals surface area contributed by atoms with Crippen molar-refractivity contribution in [1.29, 1.82) is 0 Å². The normalized spacial score (nSPS) is 10.4. The molecular formula is C8H6ClN3OS. The Morgan fingerprint density at radius 3 is 3.21 bits per heavy atom. The third kappa shape index (κ3) is 1.69. The van der Waals surface area contributed by atoms with E-state index in [4.69, 9.17) is 11.6 Å². The van der Waals surface area contributed by atoms with Crippen molar-refractivity contribution in [2.75, 3.05) is 11.2 Å². The Kier molecular flexibility index (Phi) is 2.60. The van der Waals surface area contributed by atoms with Gasteiger partial charge in [-0.05, 0) is 11.4 Å². The van der Waals surface area contributed by atoms with E-state index in [1.807, 2.05) is 11.4 Å². The van der Waals surface area contributed by atoms with Gasteiger partial charge in [0.2, 0.25) is 5.91 Å². The topological polar surface area (TPSA) is 54.9 Å². The smallest absolute Gasteiger partial charge is 0.240 e. The SMILES string of the molecule is O=C(CCl)Nc1ncnc2sccc12. The van der Waals surface area contributed by atoms with Crippen molar-refractivity contribution in [3.63, 3.8) is 0 Å². The lowest BCUT2D eigenvalue weighted by atomic mass is 10.4. The first kappa shape index (κ1) is 9.36. The van der Waals surface area contributed by atoms with Gasteiger partial charge < -0.3 is 5.32 Å². The number of fused-ring (bicyclic) bond motifs is 1. The second kappa shape index (κ2) is 3.89. The summed E-state index contributed by atoms with van der Waals surface area (Å²) in [4.78, 5) is 19.9. The van der Waals surface area contributed by atoms with Gasteiger partial charge in [0, 0.05) is 0 Å². The minimum absolute atomic E-state index is 0.0738. The summed E-state index contributed by atoms with van der Waals surface area (Å²) in [6, 6.07) is 1.86. The van der Waals surface area contributed by atoms with Gasteiger partial charge in [-0.25, -0.2) is 9.97 Å². The number of alkyl halides is 1. The van der Waals surface area contributed by atoms with Crippen LogP contribution in [0, 0.1) is 0 Å². The van der Waals surface area contributed by atoms with E-state index in [-0.39, 0.29) is 11.8 Å². The number of carbonyl (C=O) groups excluding carboxylic acids is 1. The van der Waals surface area contributed by atoms with E-state index in [2.05, 4.69) is 15.3 Å². The van der Waals surface area contributed by atoms with E-state index in [0.29, 0.717) is 5.82 Å². The highest BCUT2D eigenvalue weighted by atomic mass is 35.5. The van der Waals surface area contributed by atoms with Crippen molar-refractivity contribution in [3.05, 3.63) is 17.8 Å². The fourth-order valence-electron chi connectivity index (χ4n) is 1.06. The van der Waals surface area contributed by atoms with Crippen LogP contribution in [-0.2, 0) is 4.79 Å². The summed E-state index contributed by atoms with van der Waals surface area (Å²) in [6.45, 7) is 0. The van der Waals surface area contributed by atoms with Crippen molar-refractivity contribution in [2.45, 2.75) is 0 Å².